The maximum absolute atomic E-state index is 11.4. The van der Waals surface area contributed by atoms with Gasteiger partial charge in [0.15, 0.2) is 0 Å². The molecule has 12 heavy (non-hydrogen) atoms. The predicted molar refractivity (Wildman–Crippen MR) is 45.9 cm³/mol. The normalized spacial score (nSPS) is 32.8. The summed E-state index contributed by atoms with van der Waals surface area (Å²) in [5, 5.41) is 2.89. The second-order valence-corrected chi connectivity index (χ2v) is 3.61. The Morgan fingerprint density at radius 2 is 2.25 bits per heavy atom. The smallest absolute Gasteiger partial charge is 0.238 e. The Morgan fingerprint density at radius 3 is 3.08 bits per heavy atom. The molecular weight excluding hydrogens is 154 g/mol. The van der Waals surface area contributed by atoms with Crippen LogP contribution < -0.4 is 5.32 Å². The quantitative estimate of drug-likeness (QED) is 0.491. The summed E-state index contributed by atoms with van der Waals surface area (Å²) in [6.45, 7) is 4.84. The highest BCUT2D eigenvalue weighted by Crippen LogP contribution is 2.10. The van der Waals surface area contributed by atoms with Gasteiger partial charge in [-0.3, -0.25) is 9.69 Å². The third kappa shape index (κ3) is 1.32. The van der Waals surface area contributed by atoms with Crippen molar-refractivity contribution in [1.29, 1.82) is 0 Å². The van der Waals surface area contributed by atoms with Crippen LogP contribution in [0.1, 0.15) is 0 Å². The zero-order valence-electron chi connectivity index (χ0n) is 7.42. The Hall–Kier alpha value is -0.610. The van der Waals surface area contributed by atoms with Gasteiger partial charge >= 0.3 is 0 Å². The molecule has 1 unspecified atom stereocenters. The predicted octanol–water partition coefficient (Wildman–Crippen LogP) is -1.27. The maximum Gasteiger partial charge on any atom is 0.238 e. The van der Waals surface area contributed by atoms with Crippen molar-refractivity contribution in [3.63, 3.8) is 0 Å². The molecule has 2 rings (SSSR count). The zero-order chi connectivity index (χ0) is 8.55. The van der Waals surface area contributed by atoms with Crippen LogP contribution in [0, 0.1) is 0 Å². The maximum atomic E-state index is 11.4. The topological polar surface area (TPSA) is 35.6 Å². The summed E-state index contributed by atoms with van der Waals surface area (Å²) < 4.78 is 0. The standard InChI is InChI=1S/C8H15N3O/c1-10-4-5-11-3-2-9-8(12)7(11)6-10/h7H,2-6H2,1H3,(H,9,12). The summed E-state index contributed by atoms with van der Waals surface area (Å²) in [5.41, 5.74) is 0. The van der Waals surface area contributed by atoms with Crippen LogP contribution in [0.4, 0.5) is 0 Å². The first-order chi connectivity index (χ1) is 5.77. The van der Waals surface area contributed by atoms with Gasteiger partial charge in [0.25, 0.3) is 0 Å². The molecule has 4 heteroatoms. The number of likely N-dealkylation sites (N-methyl/N-ethyl adjacent to an activating group) is 1. The number of rotatable bonds is 0. The Bertz CT molecular complexity index is 195. The molecule has 2 heterocycles. The van der Waals surface area contributed by atoms with Gasteiger partial charge in [-0.2, -0.15) is 0 Å². The molecule has 0 spiro atoms. The molecule has 0 aromatic rings. The first kappa shape index (κ1) is 8.01. The van der Waals surface area contributed by atoms with Crippen molar-refractivity contribution in [1.82, 2.24) is 15.1 Å². The van der Waals surface area contributed by atoms with Gasteiger partial charge in [-0.1, -0.05) is 0 Å². The minimum atomic E-state index is 0.109. The molecule has 2 saturated heterocycles. The molecule has 0 aliphatic carbocycles. The summed E-state index contributed by atoms with van der Waals surface area (Å²) in [6.07, 6.45) is 0. The highest BCUT2D eigenvalue weighted by atomic mass is 16.2. The molecule has 1 N–H and O–H groups in total. The van der Waals surface area contributed by atoms with Crippen molar-refractivity contribution in [3.05, 3.63) is 0 Å². The van der Waals surface area contributed by atoms with E-state index in [4.69, 9.17) is 0 Å². The fourth-order valence-corrected chi connectivity index (χ4v) is 1.91. The third-order valence-electron chi connectivity index (χ3n) is 2.70. The van der Waals surface area contributed by atoms with Crippen LogP contribution in [0.15, 0.2) is 0 Å². The number of fused-ring (bicyclic) bond motifs is 1. The lowest BCUT2D eigenvalue weighted by Gasteiger charge is -2.41. The van der Waals surface area contributed by atoms with E-state index < -0.39 is 0 Å². The lowest BCUT2D eigenvalue weighted by molar-refractivity contribution is -0.131. The molecule has 68 valence electrons. The summed E-state index contributed by atoms with van der Waals surface area (Å²) in [6, 6.07) is 0.109. The summed E-state index contributed by atoms with van der Waals surface area (Å²) in [4.78, 5) is 15.9. The Balaban J connectivity index is 2.05. The molecule has 2 aliphatic rings. The van der Waals surface area contributed by atoms with E-state index in [0.29, 0.717) is 0 Å². The summed E-state index contributed by atoms with van der Waals surface area (Å²) >= 11 is 0. The molecular formula is C8H15N3O. The summed E-state index contributed by atoms with van der Waals surface area (Å²) in [7, 11) is 2.07. The van der Waals surface area contributed by atoms with E-state index in [2.05, 4.69) is 22.2 Å². The van der Waals surface area contributed by atoms with Crippen molar-refractivity contribution >= 4 is 5.91 Å². The number of amides is 1. The van der Waals surface area contributed by atoms with Crippen LogP contribution in [-0.4, -0.2) is 61.5 Å². The number of nitrogens with one attached hydrogen (secondary N) is 1. The monoisotopic (exact) mass is 169 g/mol. The second-order valence-electron chi connectivity index (χ2n) is 3.61. The second kappa shape index (κ2) is 3.03. The zero-order valence-corrected chi connectivity index (χ0v) is 7.42. The highest BCUT2D eigenvalue weighted by Gasteiger charge is 2.33. The number of piperazine rings is 2. The first-order valence-electron chi connectivity index (χ1n) is 4.47. The SMILES string of the molecule is CN1CCN2CCNC(=O)C2C1. The molecule has 0 saturated carbocycles. The Morgan fingerprint density at radius 1 is 1.42 bits per heavy atom. The van der Waals surface area contributed by atoms with Gasteiger partial charge < -0.3 is 10.2 Å². The van der Waals surface area contributed by atoms with Crippen LogP contribution in [0.5, 0.6) is 0 Å². The van der Waals surface area contributed by atoms with Crippen molar-refractivity contribution < 1.29 is 4.79 Å². The molecule has 0 aromatic carbocycles. The van der Waals surface area contributed by atoms with Crippen molar-refractivity contribution in [2.75, 3.05) is 39.8 Å². The Kier molecular flexibility index (Phi) is 2.02. The van der Waals surface area contributed by atoms with Crippen LogP contribution in [-0.2, 0) is 4.79 Å². The van der Waals surface area contributed by atoms with E-state index in [-0.39, 0.29) is 11.9 Å². The molecule has 4 nitrogen and oxygen atoms in total. The molecule has 1 atom stereocenters. The molecule has 0 bridgehead atoms. The van der Waals surface area contributed by atoms with Gasteiger partial charge in [0, 0.05) is 32.7 Å². The average molecular weight is 169 g/mol. The molecule has 1 amide bonds. The number of carbonyl (C=O) groups is 1. The van der Waals surface area contributed by atoms with E-state index in [1.807, 2.05) is 0 Å². The number of nitrogens with zero attached hydrogens (tertiary/aromatic N) is 2. The molecule has 0 aromatic heterocycles. The Labute approximate surface area is 72.5 Å². The fourth-order valence-electron chi connectivity index (χ4n) is 1.91. The lowest BCUT2D eigenvalue weighted by atomic mass is 10.1. The van der Waals surface area contributed by atoms with Gasteiger partial charge in [0.05, 0.1) is 0 Å². The van der Waals surface area contributed by atoms with Gasteiger partial charge in [-0.15, -0.1) is 0 Å². The first-order valence-corrected chi connectivity index (χ1v) is 4.47. The van der Waals surface area contributed by atoms with Crippen molar-refractivity contribution in [3.8, 4) is 0 Å². The highest BCUT2D eigenvalue weighted by molar-refractivity contribution is 5.82. The van der Waals surface area contributed by atoms with E-state index in [1.54, 1.807) is 0 Å². The van der Waals surface area contributed by atoms with E-state index in [9.17, 15) is 4.79 Å². The van der Waals surface area contributed by atoms with Crippen LogP contribution >= 0.6 is 0 Å². The van der Waals surface area contributed by atoms with Crippen molar-refractivity contribution in [2.45, 2.75) is 6.04 Å². The van der Waals surface area contributed by atoms with Crippen LogP contribution in [0.25, 0.3) is 0 Å². The van der Waals surface area contributed by atoms with Gasteiger partial charge in [0.1, 0.15) is 6.04 Å². The molecule has 0 radical (unpaired) electrons. The van der Waals surface area contributed by atoms with Gasteiger partial charge in [-0.05, 0) is 7.05 Å². The average Bonchev–Trinajstić information content (AvgIpc) is 2.07. The number of hydrogen-bond donors (Lipinski definition) is 1. The fraction of sp³-hybridized carbons (Fsp3) is 0.875. The number of carbonyl (C=O) groups excluding carboxylic acids is 1. The van der Waals surface area contributed by atoms with E-state index in [0.717, 1.165) is 32.7 Å². The van der Waals surface area contributed by atoms with Gasteiger partial charge in [0.2, 0.25) is 5.91 Å². The third-order valence-corrected chi connectivity index (χ3v) is 2.70. The van der Waals surface area contributed by atoms with Crippen molar-refractivity contribution in [2.24, 2.45) is 0 Å². The number of hydrogen-bond acceptors (Lipinski definition) is 3. The van der Waals surface area contributed by atoms with Gasteiger partial charge in [-0.25, -0.2) is 0 Å². The molecule has 2 aliphatic heterocycles. The largest absolute Gasteiger partial charge is 0.353 e. The minimum absolute atomic E-state index is 0.109. The lowest BCUT2D eigenvalue weighted by Crippen LogP contribution is -2.63. The van der Waals surface area contributed by atoms with Crippen LogP contribution in [0.3, 0.4) is 0 Å². The van der Waals surface area contributed by atoms with Crippen LogP contribution in [0.2, 0.25) is 0 Å². The van der Waals surface area contributed by atoms with E-state index in [1.165, 1.54) is 0 Å². The minimum Gasteiger partial charge on any atom is -0.353 e. The molecule has 2 fully saturated rings. The van der Waals surface area contributed by atoms with E-state index >= 15 is 0 Å². The summed E-state index contributed by atoms with van der Waals surface area (Å²) in [5.74, 6) is 0.202.